The number of hydrogen-bond acceptors (Lipinski definition) is 6. The van der Waals surface area contributed by atoms with Crippen LogP contribution in [0.4, 0.5) is 0 Å². The molecule has 2 aromatic heterocycles. The van der Waals surface area contributed by atoms with Gasteiger partial charge in [-0.1, -0.05) is 19.4 Å². The summed E-state index contributed by atoms with van der Waals surface area (Å²) >= 11 is 0. The van der Waals surface area contributed by atoms with E-state index in [-0.39, 0.29) is 12.2 Å². The minimum Gasteiger partial charge on any atom is -0.493 e. The van der Waals surface area contributed by atoms with Crippen molar-refractivity contribution in [2.24, 2.45) is 0 Å². The molecule has 0 N–H and O–H groups in total. The third-order valence-electron chi connectivity index (χ3n) is 4.13. The number of methoxy groups -OCH3 is 1. The van der Waals surface area contributed by atoms with Gasteiger partial charge in [-0.25, -0.2) is 9.78 Å². The summed E-state index contributed by atoms with van der Waals surface area (Å²) < 4.78 is 17.7. The quantitative estimate of drug-likeness (QED) is 0.440. The minimum atomic E-state index is -0.534. The molecule has 7 nitrogen and oxygen atoms in total. The molecule has 0 unspecified atom stereocenters. The van der Waals surface area contributed by atoms with Gasteiger partial charge in [0.25, 0.3) is 5.56 Å². The maximum Gasteiger partial charge on any atom is 0.338 e. The maximum absolute atomic E-state index is 12.4. The van der Waals surface area contributed by atoms with E-state index in [1.807, 2.05) is 0 Å². The number of unbranched alkanes of at least 4 members (excludes halogenated alkanes) is 1. The summed E-state index contributed by atoms with van der Waals surface area (Å²) in [5.74, 6) is 0.512. The van der Waals surface area contributed by atoms with Gasteiger partial charge in [0.1, 0.15) is 12.3 Å². The Hall–Kier alpha value is -3.35. The lowest BCUT2D eigenvalue weighted by Crippen LogP contribution is -2.16. The molecule has 3 aromatic rings. The van der Waals surface area contributed by atoms with Crippen molar-refractivity contribution < 1.29 is 19.0 Å². The van der Waals surface area contributed by atoms with Gasteiger partial charge in [0.2, 0.25) is 0 Å². The number of fused-ring (bicyclic) bond motifs is 1. The van der Waals surface area contributed by atoms with E-state index in [9.17, 15) is 9.59 Å². The highest BCUT2D eigenvalue weighted by atomic mass is 16.5. The zero-order valence-electron chi connectivity index (χ0n) is 15.9. The molecule has 7 heteroatoms. The smallest absolute Gasteiger partial charge is 0.338 e. The van der Waals surface area contributed by atoms with E-state index in [1.165, 1.54) is 17.6 Å². The molecule has 0 saturated carbocycles. The predicted molar refractivity (Wildman–Crippen MR) is 104 cm³/mol. The molecule has 0 saturated heterocycles. The van der Waals surface area contributed by atoms with Crippen LogP contribution in [0.2, 0.25) is 0 Å². The Kier molecular flexibility index (Phi) is 6.26. The molecular formula is C21H22N2O5. The summed E-state index contributed by atoms with van der Waals surface area (Å²) in [5.41, 5.74) is 0.983. The molecule has 0 aliphatic heterocycles. The second-order valence-corrected chi connectivity index (χ2v) is 6.16. The van der Waals surface area contributed by atoms with Gasteiger partial charge in [0.15, 0.2) is 11.5 Å². The average Bonchev–Trinajstić information content (AvgIpc) is 2.72. The normalized spacial score (nSPS) is 10.6. The largest absolute Gasteiger partial charge is 0.493 e. The predicted octanol–water partition coefficient (Wildman–Crippen LogP) is 3.24. The van der Waals surface area contributed by atoms with E-state index in [0.717, 1.165) is 12.8 Å². The van der Waals surface area contributed by atoms with Crippen molar-refractivity contribution in [2.75, 3.05) is 13.7 Å². The number of benzene rings is 1. The third kappa shape index (κ3) is 4.49. The van der Waals surface area contributed by atoms with E-state index in [2.05, 4.69) is 11.9 Å². The fourth-order valence-corrected chi connectivity index (χ4v) is 2.64. The van der Waals surface area contributed by atoms with Crippen LogP contribution in [0.1, 0.15) is 35.8 Å². The molecule has 0 fully saturated rings. The first-order chi connectivity index (χ1) is 13.6. The summed E-state index contributed by atoms with van der Waals surface area (Å²) in [6.45, 7) is 2.56. The highest BCUT2D eigenvalue weighted by Gasteiger charge is 2.13. The van der Waals surface area contributed by atoms with Crippen molar-refractivity contribution in [1.29, 1.82) is 0 Å². The molecular weight excluding hydrogens is 360 g/mol. The van der Waals surface area contributed by atoms with Crippen LogP contribution >= 0.6 is 0 Å². The number of ether oxygens (including phenoxy) is 3. The lowest BCUT2D eigenvalue weighted by atomic mass is 10.2. The third-order valence-corrected chi connectivity index (χ3v) is 4.13. The minimum absolute atomic E-state index is 0.101. The van der Waals surface area contributed by atoms with Gasteiger partial charge in [-0.05, 0) is 36.8 Å². The van der Waals surface area contributed by atoms with E-state index in [0.29, 0.717) is 35.0 Å². The first-order valence-electron chi connectivity index (χ1n) is 9.07. The van der Waals surface area contributed by atoms with E-state index in [1.54, 1.807) is 42.6 Å². The van der Waals surface area contributed by atoms with Crippen LogP contribution in [0.5, 0.6) is 11.5 Å². The molecule has 0 spiro atoms. The number of pyridine rings is 1. The maximum atomic E-state index is 12.4. The molecule has 0 bridgehead atoms. The van der Waals surface area contributed by atoms with Gasteiger partial charge < -0.3 is 14.2 Å². The molecule has 0 aliphatic rings. The highest BCUT2D eigenvalue weighted by molar-refractivity contribution is 5.90. The Morgan fingerprint density at radius 3 is 2.79 bits per heavy atom. The Labute approximate surface area is 162 Å². The van der Waals surface area contributed by atoms with Crippen LogP contribution in [-0.4, -0.2) is 29.1 Å². The molecule has 0 amide bonds. The molecule has 0 radical (unpaired) electrons. The number of nitrogens with zero attached hydrogens (tertiary/aromatic N) is 2. The van der Waals surface area contributed by atoms with Crippen LogP contribution in [-0.2, 0) is 11.3 Å². The summed E-state index contributed by atoms with van der Waals surface area (Å²) in [4.78, 5) is 28.8. The molecule has 2 heterocycles. The number of carbonyl (C=O) groups excluding carboxylic acids is 1. The Balaban J connectivity index is 1.70. The fourth-order valence-electron chi connectivity index (χ4n) is 2.64. The second kappa shape index (κ2) is 9.03. The zero-order chi connectivity index (χ0) is 19.9. The monoisotopic (exact) mass is 382 g/mol. The molecule has 1 aromatic carbocycles. The van der Waals surface area contributed by atoms with Crippen LogP contribution in [0.25, 0.3) is 5.65 Å². The zero-order valence-corrected chi connectivity index (χ0v) is 15.9. The van der Waals surface area contributed by atoms with Gasteiger partial charge in [-0.15, -0.1) is 0 Å². The van der Waals surface area contributed by atoms with Gasteiger partial charge in [-0.2, -0.15) is 0 Å². The molecule has 0 atom stereocenters. The average molecular weight is 382 g/mol. The number of carbonyl (C=O) groups is 1. The van der Waals surface area contributed by atoms with E-state index in [4.69, 9.17) is 14.2 Å². The molecule has 28 heavy (non-hydrogen) atoms. The Morgan fingerprint density at radius 1 is 1.14 bits per heavy atom. The summed E-state index contributed by atoms with van der Waals surface area (Å²) in [7, 11) is 1.52. The van der Waals surface area contributed by atoms with Crippen LogP contribution in [0.15, 0.2) is 53.5 Å². The van der Waals surface area contributed by atoms with Crippen LogP contribution < -0.4 is 15.0 Å². The molecule has 0 aliphatic carbocycles. The van der Waals surface area contributed by atoms with Crippen molar-refractivity contribution in [3.63, 3.8) is 0 Å². The Morgan fingerprint density at radius 2 is 2.00 bits per heavy atom. The van der Waals surface area contributed by atoms with Crippen molar-refractivity contribution in [1.82, 2.24) is 9.38 Å². The van der Waals surface area contributed by atoms with Crippen LogP contribution in [0, 0.1) is 0 Å². The number of hydrogen-bond donors (Lipinski definition) is 0. The van der Waals surface area contributed by atoms with Crippen LogP contribution in [0.3, 0.4) is 0 Å². The van der Waals surface area contributed by atoms with Crippen molar-refractivity contribution in [3.8, 4) is 11.5 Å². The lowest BCUT2D eigenvalue weighted by molar-refractivity contribution is 0.0467. The number of rotatable bonds is 8. The first-order valence-corrected chi connectivity index (χ1v) is 9.07. The van der Waals surface area contributed by atoms with Crippen molar-refractivity contribution in [2.45, 2.75) is 26.4 Å². The van der Waals surface area contributed by atoms with Crippen molar-refractivity contribution in [3.05, 3.63) is 70.3 Å². The van der Waals surface area contributed by atoms with E-state index < -0.39 is 5.97 Å². The van der Waals surface area contributed by atoms with E-state index >= 15 is 0 Å². The summed E-state index contributed by atoms with van der Waals surface area (Å²) in [5, 5.41) is 0. The number of esters is 1. The number of aromatic nitrogens is 2. The fraction of sp³-hybridized carbons (Fsp3) is 0.286. The second-order valence-electron chi connectivity index (χ2n) is 6.16. The lowest BCUT2D eigenvalue weighted by Gasteiger charge is -2.12. The highest BCUT2D eigenvalue weighted by Crippen LogP contribution is 2.28. The molecule has 3 rings (SSSR count). The first kappa shape index (κ1) is 19.4. The van der Waals surface area contributed by atoms with Gasteiger partial charge in [0, 0.05) is 12.3 Å². The Bertz CT molecular complexity index is 1030. The standard InChI is InChI=1S/C21H22N2O5/c1-3-4-11-27-17-9-8-15(12-18(17)26-2)21(25)28-14-16-13-20(24)23-10-6-5-7-19(23)22-16/h5-10,12-13H,3-4,11,14H2,1-2H3. The topological polar surface area (TPSA) is 79.1 Å². The summed E-state index contributed by atoms with van der Waals surface area (Å²) in [6.07, 6.45) is 3.60. The van der Waals surface area contributed by atoms with Gasteiger partial charge in [-0.3, -0.25) is 9.20 Å². The molecule has 146 valence electrons. The van der Waals surface area contributed by atoms with Crippen molar-refractivity contribution >= 4 is 11.6 Å². The summed E-state index contributed by atoms with van der Waals surface area (Å²) in [6, 6.07) is 11.5. The van der Waals surface area contributed by atoms with Gasteiger partial charge >= 0.3 is 5.97 Å². The SMILES string of the molecule is CCCCOc1ccc(C(=O)OCc2cc(=O)n3ccccc3n2)cc1OC. The van der Waals surface area contributed by atoms with Gasteiger partial charge in [0.05, 0.1) is 25.0 Å².